The minimum atomic E-state index is -3.51. The molecule has 2 unspecified atom stereocenters. The average molecular weight is 212 g/mol. The average Bonchev–Trinajstić information content (AvgIpc) is 2.30. The normalized spacial score (nSPS) is 30.8. The monoisotopic (exact) mass is 211 g/mol. The molecule has 0 spiro atoms. The fourth-order valence-corrected chi connectivity index (χ4v) is 2.35. The summed E-state index contributed by atoms with van der Waals surface area (Å²) >= 11 is 0. The van der Waals surface area contributed by atoms with Gasteiger partial charge in [-0.05, 0) is 24.7 Å². The Hall–Kier alpha value is 0.200. The van der Waals surface area contributed by atoms with E-state index in [9.17, 15) is 8.42 Å². The maximum atomic E-state index is 10.5. The molecule has 1 aliphatic rings. The van der Waals surface area contributed by atoms with E-state index in [0.717, 1.165) is 18.8 Å². The van der Waals surface area contributed by atoms with Gasteiger partial charge in [0.05, 0.1) is 0 Å². The molecule has 72 valence electrons. The highest BCUT2D eigenvalue weighted by Gasteiger charge is 2.22. The van der Waals surface area contributed by atoms with Gasteiger partial charge in [0.15, 0.2) is 0 Å². The van der Waals surface area contributed by atoms with Crippen molar-refractivity contribution < 1.29 is 8.42 Å². The zero-order valence-corrected chi connectivity index (χ0v) is 8.66. The largest absolute Gasteiger partial charge is 0.297 e. The van der Waals surface area contributed by atoms with E-state index in [1.807, 2.05) is 0 Å². The van der Waals surface area contributed by atoms with Crippen LogP contribution in [0.4, 0.5) is 0 Å². The smallest absolute Gasteiger partial charge is 0.202 e. The zero-order chi connectivity index (χ0) is 9.19. The van der Waals surface area contributed by atoms with Crippen molar-refractivity contribution in [3.05, 3.63) is 0 Å². The quantitative estimate of drug-likeness (QED) is 0.720. The second-order valence-corrected chi connectivity index (χ2v) is 5.95. The third-order valence-corrected chi connectivity index (χ3v) is 3.19. The van der Waals surface area contributed by atoms with Crippen molar-refractivity contribution in [1.82, 2.24) is 4.72 Å². The molecule has 12 heavy (non-hydrogen) atoms. The molecule has 0 bridgehead atoms. The van der Waals surface area contributed by atoms with Gasteiger partial charge in [-0.1, -0.05) is 13.3 Å². The van der Waals surface area contributed by atoms with Crippen molar-refractivity contribution >= 4 is 19.9 Å². The van der Waals surface area contributed by atoms with Crippen LogP contribution in [0, 0.1) is 11.8 Å². The van der Waals surface area contributed by atoms with Crippen LogP contribution in [0.2, 0.25) is 0 Å². The van der Waals surface area contributed by atoms with Crippen molar-refractivity contribution in [3.8, 4) is 0 Å². The molecule has 0 aromatic heterocycles. The molecular weight excluding hydrogens is 198 g/mol. The highest BCUT2D eigenvalue weighted by Crippen LogP contribution is 2.29. The van der Waals surface area contributed by atoms with Crippen molar-refractivity contribution in [2.24, 2.45) is 11.8 Å². The third kappa shape index (κ3) is 3.74. The summed E-state index contributed by atoms with van der Waals surface area (Å²) in [6, 6.07) is 0. The van der Waals surface area contributed by atoms with Gasteiger partial charge in [0, 0.05) is 17.2 Å². The van der Waals surface area contributed by atoms with E-state index in [4.69, 9.17) is 10.7 Å². The van der Waals surface area contributed by atoms with Gasteiger partial charge in [0.1, 0.15) is 0 Å². The molecule has 2 atom stereocenters. The standard InChI is InChI=1S/C7H14ClNO2S/c1-6-2-3-7(4-6)5-9-12(8,10)11/h6-7,9H,2-5H2,1H3. The Morgan fingerprint density at radius 2 is 2.17 bits per heavy atom. The maximum Gasteiger partial charge on any atom is 0.297 e. The van der Waals surface area contributed by atoms with Gasteiger partial charge >= 0.3 is 0 Å². The lowest BCUT2D eigenvalue weighted by molar-refractivity contribution is 0.502. The Morgan fingerprint density at radius 3 is 2.58 bits per heavy atom. The third-order valence-electron chi connectivity index (χ3n) is 2.35. The van der Waals surface area contributed by atoms with E-state index in [1.54, 1.807) is 0 Å². The Kier molecular flexibility index (Phi) is 3.37. The van der Waals surface area contributed by atoms with E-state index < -0.39 is 9.24 Å². The van der Waals surface area contributed by atoms with Crippen molar-refractivity contribution in [3.63, 3.8) is 0 Å². The summed E-state index contributed by atoms with van der Waals surface area (Å²) in [4.78, 5) is 0. The lowest BCUT2D eigenvalue weighted by Gasteiger charge is -2.07. The molecule has 1 N–H and O–H groups in total. The maximum absolute atomic E-state index is 10.5. The summed E-state index contributed by atoms with van der Waals surface area (Å²) in [7, 11) is 1.50. The van der Waals surface area contributed by atoms with Gasteiger partial charge in [-0.3, -0.25) is 0 Å². The predicted octanol–water partition coefficient (Wildman–Crippen LogP) is 1.50. The Morgan fingerprint density at radius 1 is 1.50 bits per heavy atom. The zero-order valence-electron chi connectivity index (χ0n) is 7.09. The minimum absolute atomic E-state index is 0.480. The fraction of sp³-hybridized carbons (Fsp3) is 1.00. The van der Waals surface area contributed by atoms with E-state index >= 15 is 0 Å². The van der Waals surface area contributed by atoms with Gasteiger partial charge in [-0.2, -0.15) is 8.42 Å². The summed E-state index contributed by atoms with van der Waals surface area (Å²) in [5, 5.41) is 0. The highest BCUT2D eigenvalue weighted by atomic mass is 35.7. The second-order valence-electron chi connectivity index (χ2n) is 3.57. The van der Waals surface area contributed by atoms with Crippen LogP contribution in [0.25, 0.3) is 0 Å². The van der Waals surface area contributed by atoms with E-state index in [-0.39, 0.29) is 0 Å². The van der Waals surface area contributed by atoms with Crippen molar-refractivity contribution in [1.29, 1.82) is 0 Å². The van der Waals surface area contributed by atoms with Gasteiger partial charge in [-0.15, -0.1) is 0 Å². The van der Waals surface area contributed by atoms with Crippen LogP contribution in [-0.4, -0.2) is 15.0 Å². The van der Waals surface area contributed by atoms with Crippen LogP contribution in [0.15, 0.2) is 0 Å². The summed E-state index contributed by atoms with van der Waals surface area (Å²) in [6.45, 7) is 2.69. The van der Waals surface area contributed by atoms with Gasteiger partial charge in [0.25, 0.3) is 9.24 Å². The van der Waals surface area contributed by atoms with Crippen molar-refractivity contribution in [2.75, 3.05) is 6.54 Å². The first-order chi connectivity index (χ1) is 5.47. The molecule has 1 saturated carbocycles. The number of rotatable bonds is 3. The number of halogens is 1. The van der Waals surface area contributed by atoms with Gasteiger partial charge in [0.2, 0.25) is 0 Å². The SMILES string of the molecule is CC1CCC(CNS(=O)(=O)Cl)C1. The van der Waals surface area contributed by atoms with E-state index in [1.165, 1.54) is 6.42 Å². The van der Waals surface area contributed by atoms with Crippen LogP contribution in [0.5, 0.6) is 0 Å². The molecule has 0 heterocycles. The van der Waals surface area contributed by atoms with Gasteiger partial charge in [-0.25, -0.2) is 4.72 Å². The molecule has 0 aliphatic heterocycles. The van der Waals surface area contributed by atoms with Crippen LogP contribution in [0.1, 0.15) is 26.2 Å². The summed E-state index contributed by atoms with van der Waals surface area (Å²) in [5.41, 5.74) is 0. The molecule has 0 amide bonds. The predicted molar refractivity (Wildman–Crippen MR) is 49.3 cm³/mol. The van der Waals surface area contributed by atoms with Crippen LogP contribution in [0.3, 0.4) is 0 Å². The fourth-order valence-electron chi connectivity index (χ4n) is 1.73. The Bertz CT molecular complexity index is 240. The van der Waals surface area contributed by atoms with E-state index in [0.29, 0.717) is 12.5 Å². The molecule has 0 radical (unpaired) electrons. The molecule has 1 aliphatic carbocycles. The van der Waals surface area contributed by atoms with E-state index in [2.05, 4.69) is 11.6 Å². The molecule has 3 nitrogen and oxygen atoms in total. The number of hydrogen-bond donors (Lipinski definition) is 1. The first kappa shape index (κ1) is 10.3. The lowest BCUT2D eigenvalue weighted by atomic mass is 10.1. The molecule has 5 heteroatoms. The second kappa shape index (κ2) is 3.94. The molecule has 0 aromatic carbocycles. The number of hydrogen-bond acceptors (Lipinski definition) is 2. The summed E-state index contributed by atoms with van der Waals surface area (Å²) in [5.74, 6) is 1.21. The number of nitrogens with one attached hydrogen (secondary N) is 1. The first-order valence-corrected chi connectivity index (χ1v) is 6.47. The molecule has 1 rings (SSSR count). The molecule has 0 saturated heterocycles. The topological polar surface area (TPSA) is 46.2 Å². The highest BCUT2D eigenvalue weighted by molar-refractivity contribution is 8.12. The summed E-state index contributed by atoms with van der Waals surface area (Å²) in [6.07, 6.45) is 3.43. The lowest BCUT2D eigenvalue weighted by Crippen LogP contribution is -2.24. The van der Waals surface area contributed by atoms with Crippen molar-refractivity contribution in [2.45, 2.75) is 26.2 Å². The minimum Gasteiger partial charge on any atom is -0.202 e. The Labute approximate surface area is 78.0 Å². The molecule has 1 fully saturated rings. The molecular formula is C7H14ClNO2S. The molecule has 0 aromatic rings. The first-order valence-electron chi connectivity index (χ1n) is 4.16. The van der Waals surface area contributed by atoms with Crippen LogP contribution in [-0.2, 0) is 9.24 Å². The van der Waals surface area contributed by atoms with Crippen LogP contribution < -0.4 is 4.72 Å². The summed E-state index contributed by atoms with van der Waals surface area (Å²) < 4.78 is 23.4. The Balaban J connectivity index is 2.25. The van der Waals surface area contributed by atoms with Crippen LogP contribution >= 0.6 is 10.7 Å². The van der Waals surface area contributed by atoms with Gasteiger partial charge < -0.3 is 0 Å².